The molecule has 2 aromatic rings. The summed E-state index contributed by atoms with van der Waals surface area (Å²) in [5, 5.41) is 9.33. The van der Waals surface area contributed by atoms with Crippen molar-refractivity contribution in [2.24, 2.45) is 0 Å². The normalized spacial score (nSPS) is 8.33. The number of nitrogens with one attached hydrogen (secondary N) is 1. The highest BCUT2D eigenvalue weighted by atomic mass is 15.3. The smallest absolute Gasteiger partial charge is 0.0690 e. The zero-order chi connectivity index (χ0) is 8.65. The summed E-state index contributed by atoms with van der Waals surface area (Å²) in [6, 6.07) is 9.49. The van der Waals surface area contributed by atoms with Crippen molar-refractivity contribution in [2.45, 2.75) is 0 Å². The summed E-state index contributed by atoms with van der Waals surface area (Å²) in [5.74, 6) is 0. The van der Waals surface area contributed by atoms with Crippen LogP contribution >= 0.6 is 0 Å². The van der Waals surface area contributed by atoms with Gasteiger partial charge in [-0.05, 0) is 12.1 Å². The molecule has 0 aliphatic heterocycles. The number of nitrogens with zero attached hydrogens (tertiary/aromatic N) is 2. The maximum absolute atomic E-state index is 5.36. The third-order valence-electron chi connectivity index (χ3n) is 1.13. The van der Waals surface area contributed by atoms with Crippen molar-refractivity contribution in [1.29, 1.82) is 0 Å². The second-order valence-corrected chi connectivity index (χ2v) is 2.07. The SMILES string of the molecule is Nc1ccccc1.c1cn[nH]n1. The quantitative estimate of drug-likeness (QED) is 0.569. The van der Waals surface area contributed by atoms with Gasteiger partial charge in [-0.15, -0.1) is 0 Å². The lowest BCUT2D eigenvalue weighted by Crippen LogP contribution is -1.79. The first kappa shape index (κ1) is 8.26. The third-order valence-corrected chi connectivity index (χ3v) is 1.13. The molecule has 0 saturated heterocycles. The first-order valence-electron chi connectivity index (χ1n) is 3.50. The molecule has 3 N–H and O–H groups in total. The highest BCUT2D eigenvalue weighted by Crippen LogP contribution is 1.95. The minimum atomic E-state index is 0.822. The Bertz CT molecular complexity index is 260. The van der Waals surface area contributed by atoms with E-state index < -0.39 is 0 Å². The van der Waals surface area contributed by atoms with Gasteiger partial charge in [0.2, 0.25) is 0 Å². The second-order valence-electron chi connectivity index (χ2n) is 2.07. The molecule has 0 spiro atoms. The molecule has 62 valence electrons. The van der Waals surface area contributed by atoms with Gasteiger partial charge in [0, 0.05) is 5.69 Å². The van der Waals surface area contributed by atoms with Gasteiger partial charge < -0.3 is 5.73 Å². The van der Waals surface area contributed by atoms with Crippen LogP contribution in [-0.2, 0) is 0 Å². The Kier molecular flexibility index (Phi) is 3.37. The van der Waals surface area contributed by atoms with Crippen LogP contribution in [0.15, 0.2) is 42.7 Å². The Morgan fingerprint density at radius 2 is 1.58 bits per heavy atom. The number of benzene rings is 1. The molecule has 1 heterocycles. The van der Waals surface area contributed by atoms with E-state index in [1.54, 1.807) is 12.4 Å². The average molecular weight is 162 g/mol. The zero-order valence-corrected chi connectivity index (χ0v) is 6.51. The Balaban J connectivity index is 0.000000127. The van der Waals surface area contributed by atoms with Gasteiger partial charge in [-0.1, -0.05) is 18.2 Å². The summed E-state index contributed by atoms with van der Waals surface area (Å²) in [7, 11) is 0. The van der Waals surface area contributed by atoms with Gasteiger partial charge in [-0.2, -0.15) is 15.4 Å². The molecule has 12 heavy (non-hydrogen) atoms. The van der Waals surface area contributed by atoms with E-state index in [1.807, 2.05) is 30.3 Å². The third kappa shape index (κ3) is 3.36. The van der Waals surface area contributed by atoms with E-state index in [9.17, 15) is 0 Å². The van der Waals surface area contributed by atoms with Crippen LogP contribution in [0, 0.1) is 0 Å². The first-order valence-corrected chi connectivity index (χ1v) is 3.50. The van der Waals surface area contributed by atoms with E-state index in [-0.39, 0.29) is 0 Å². The fourth-order valence-electron chi connectivity index (χ4n) is 0.620. The van der Waals surface area contributed by atoms with E-state index in [0.29, 0.717) is 0 Å². The maximum atomic E-state index is 5.36. The molecule has 0 unspecified atom stereocenters. The molecule has 2 rings (SSSR count). The van der Waals surface area contributed by atoms with Crippen LogP contribution in [0.25, 0.3) is 0 Å². The van der Waals surface area contributed by atoms with Crippen LogP contribution in [0.2, 0.25) is 0 Å². The Labute approximate surface area is 70.4 Å². The monoisotopic (exact) mass is 162 g/mol. The van der Waals surface area contributed by atoms with Gasteiger partial charge in [0.05, 0.1) is 12.4 Å². The summed E-state index contributed by atoms with van der Waals surface area (Å²) in [5.41, 5.74) is 6.18. The maximum Gasteiger partial charge on any atom is 0.0690 e. The standard InChI is InChI=1S/C6H7N.C2H3N3/c7-6-4-2-1-3-5-6;1-2-4-5-3-1/h1-5H,7H2;1-2H,(H,3,4,5). The lowest BCUT2D eigenvalue weighted by Gasteiger charge is -1.83. The summed E-state index contributed by atoms with van der Waals surface area (Å²) in [6.45, 7) is 0. The molecule has 0 saturated carbocycles. The van der Waals surface area contributed by atoms with Gasteiger partial charge in [-0.25, -0.2) is 0 Å². The number of para-hydroxylation sites is 1. The lowest BCUT2D eigenvalue weighted by molar-refractivity contribution is 0.940. The summed E-state index contributed by atoms with van der Waals surface area (Å²) in [4.78, 5) is 0. The predicted octanol–water partition coefficient (Wildman–Crippen LogP) is 1.07. The average Bonchev–Trinajstić information content (AvgIpc) is 2.62. The predicted molar refractivity (Wildman–Crippen MR) is 47.2 cm³/mol. The molecule has 0 aliphatic rings. The second kappa shape index (κ2) is 4.90. The van der Waals surface area contributed by atoms with E-state index in [1.165, 1.54) is 0 Å². The summed E-state index contributed by atoms with van der Waals surface area (Å²) in [6.07, 6.45) is 3.17. The number of H-pyrrole nitrogens is 1. The number of aromatic amines is 1. The first-order chi connectivity index (χ1) is 5.89. The number of hydrogen-bond donors (Lipinski definition) is 2. The van der Waals surface area contributed by atoms with Crippen molar-refractivity contribution in [3.8, 4) is 0 Å². The lowest BCUT2D eigenvalue weighted by atomic mass is 10.3. The number of anilines is 1. The van der Waals surface area contributed by atoms with E-state index in [4.69, 9.17) is 5.73 Å². The van der Waals surface area contributed by atoms with Crippen molar-refractivity contribution in [2.75, 3.05) is 5.73 Å². The van der Waals surface area contributed by atoms with Crippen molar-refractivity contribution in [3.63, 3.8) is 0 Å². The van der Waals surface area contributed by atoms with Crippen molar-refractivity contribution in [3.05, 3.63) is 42.7 Å². The van der Waals surface area contributed by atoms with Crippen LogP contribution < -0.4 is 5.73 Å². The van der Waals surface area contributed by atoms with Gasteiger partial charge >= 0.3 is 0 Å². The molecule has 0 amide bonds. The van der Waals surface area contributed by atoms with Gasteiger partial charge in [0.25, 0.3) is 0 Å². The molecule has 0 bridgehead atoms. The number of nitrogens with two attached hydrogens (primary N) is 1. The van der Waals surface area contributed by atoms with Crippen molar-refractivity contribution >= 4 is 5.69 Å². The molecule has 1 aromatic heterocycles. The van der Waals surface area contributed by atoms with Crippen LogP contribution in [-0.4, -0.2) is 15.4 Å². The minimum absolute atomic E-state index is 0.822. The molecular formula is C8H10N4. The van der Waals surface area contributed by atoms with Gasteiger partial charge in [0.1, 0.15) is 0 Å². The van der Waals surface area contributed by atoms with E-state index >= 15 is 0 Å². The molecule has 0 radical (unpaired) electrons. The minimum Gasteiger partial charge on any atom is -0.399 e. The largest absolute Gasteiger partial charge is 0.399 e. The Morgan fingerprint density at radius 3 is 1.83 bits per heavy atom. The highest BCUT2D eigenvalue weighted by Gasteiger charge is 1.72. The fourth-order valence-corrected chi connectivity index (χ4v) is 0.620. The van der Waals surface area contributed by atoms with E-state index in [2.05, 4.69) is 15.4 Å². The Hall–Kier alpha value is -1.84. The molecule has 0 atom stereocenters. The molecular weight excluding hydrogens is 152 g/mol. The number of rotatable bonds is 0. The summed E-state index contributed by atoms with van der Waals surface area (Å²) < 4.78 is 0. The van der Waals surface area contributed by atoms with Crippen LogP contribution in [0.4, 0.5) is 5.69 Å². The number of aromatic nitrogens is 3. The number of nitrogen functional groups attached to an aromatic ring is 1. The van der Waals surface area contributed by atoms with Crippen LogP contribution in [0.1, 0.15) is 0 Å². The molecule has 0 aliphatic carbocycles. The Morgan fingerprint density at radius 1 is 1.00 bits per heavy atom. The number of hydrogen-bond acceptors (Lipinski definition) is 3. The molecule has 1 aromatic carbocycles. The molecule has 4 heteroatoms. The summed E-state index contributed by atoms with van der Waals surface area (Å²) >= 11 is 0. The zero-order valence-electron chi connectivity index (χ0n) is 6.51. The van der Waals surface area contributed by atoms with Gasteiger partial charge in [-0.3, -0.25) is 0 Å². The van der Waals surface area contributed by atoms with Crippen molar-refractivity contribution < 1.29 is 0 Å². The molecule has 0 fully saturated rings. The molecule has 4 nitrogen and oxygen atoms in total. The topological polar surface area (TPSA) is 67.6 Å². The van der Waals surface area contributed by atoms with Crippen molar-refractivity contribution in [1.82, 2.24) is 15.4 Å². The van der Waals surface area contributed by atoms with Crippen LogP contribution in [0.5, 0.6) is 0 Å². The van der Waals surface area contributed by atoms with E-state index in [0.717, 1.165) is 5.69 Å². The highest BCUT2D eigenvalue weighted by molar-refractivity contribution is 5.35. The fraction of sp³-hybridized carbons (Fsp3) is 0. The van der Waals surface area contributed by atoms with Crippen LogP contribution in [0.3, 0.4) is 0 Å². The van der Waals surface area contributed by atoms with Gasteiger partial charge in [0.15, 0.2) is 0 Å².